The largest absolute Gasteiger partial charge is 0.472 e. The van der Waals surface area contributed by atoms with Gasteiger partial charge in [0.25, 0.3) is 5.91 Å². The molecule has 5 atom stereocenters. The molecule has 3 aromatic rings. The van der Waals surface area contributed by atoms with Crippen LogP contribution in [-0.2, 0) is 40.4 Å². The maximum atomic E-state index is 14.6. The van der Waals surface area contributed by atoms with Gasteiger partial charge in [-0.15, -0.1) is 6.58 Å². The van der Waals surface area contributed by atoms with Gasteiger partial charge in [0.1, 0.15) is 17.7 Å². The van der Waals surface area contributed by atoms with Gasteiger partial charge in [-0.1, -0.05) is 48.5 Å². The quantitative estimate of drug-likeness (QED) is 0.275. The molecule has 2 aliphatic heterocycles. The third-order valence-electron chi connectivity index (χ3n) is 10.4. The van der Waals surface area contributed by atoms with Crippen molar-refractivity contribution in [2.24, 2.45) is 5.92 Å². The van der Waals surface area contributed by atoms with Gasteiger partial charge in [0.05, 0.1) is 30.7 Å². The Morgan fingerprint density at radius 1 is 1.04 bits per heavy atom. The van der Waals surface area contributed by atoms with Crippen LogP contribution in [0.2, 0.25) is 0 Å². The fraction of sp³-hybridized carbons (Fsp3) is 0.447. The Bertz CT molecular complexity index is 1970. The SMILES string of the molecule is C=C[C@H]1C[C@]1(NC(=O)[C@@H]1C[C@@H]2CN1C(=O)[C@H](c1ccccc1)CC(=O)OCCCCCc1ccc3ccnc(c3c1)O2)C(=O)NS(=O)(=O)C1CC1. The first-order valence-electron chi connectivity index (χ1n) is 17.6. The Kier molecular flexibility index (Phi) is 9.58. The van der Waals surface area contributed by atoms with Gasteiger partial charge in [-0.05, 0) is 73.6 Å². The van der Waals surface area contributed by atoms with E-state index in [9.17, 15) is 27.6 Å². The molecule has 4 aliphatic rings. The molecule has 2 aliphatic carbocycles. The van der Waals surface area contributed by atoms with E-state index >= 15 is 0 Å². The number of carbonyl (C=O) groups is 4. The molecule has 0 unspecified atom stereocenters. The number of fused-ring (bicyclic) bond motifs is 3. The number of carbonyl (C=O) groups excluding carboxylic acids is 4. The third-order valence-corrected chi connectivity index (χ3v) is 12.2. The number of sulfonamides is 1. The predicted molar refractivity (Wildman–Crippen MR) is 188 cm³/mol. The number of nitrogens with one attached hydrogen (secondary N) is 2. The van der Waals surface area contributed by atoms with E-state index in [1.165, 1.54) is 11.0 Å². The van der Waals surface area contributed by atoms with Crippen LogP contribution in [0.1, 0.15) is 68.4 Å². The molecule has 2 saturated carbocycles. The van der Waals surface area contributed by atoms with Gasteiger partial charge in [-0.3, -0.25) is 23.9 Å². The fourth-order valence-corrected chi connectivity index (χ4v) is 8.61. The van der Waals surface area contributed by atoms with E-state index in [1.807, 2.05) is 18.2 Å². The molecule has 51 heavy (non-hydrogen) atoms. The summed E-state index contributed by atoms with van der Waals surface area (Å²) in [6, 6.07) is 15.8. The molecule has 1 aromatic heterocycles. The molecule has 2 aromatic carbocycles. The summed E-state index contributed by atoms with van der Waals surface area (Å²) in [5, 5.41) is 3.94. The van der Waals surface area contributed by atoms with Crippen LogP contribution in [0.15, 0.2) is 73.4 Å². The topological polar surface area (TPSA) is 161 Å². The van der Waals surface area contributed by atoms with Crippen LogP contribution in [0.5, 0.6) is 5.88 Å². The summed E-state index contributed by atoms with van der Waals surface area (Å²) in [6.45, 7) is 4.02. The van der Waals surface area contributed by atoms with Gasteiger partial charge in [0.15, 0.2) is 0 Å². The number of benzene rings is 2. The molecule has 0 spiro atoms. The summed E-state index contributed by atoms with van der Waals surface area (Å²) >= 11 is 0. The van der Waals surface area contributed by atoms with Crippen molar-refractivity contribution in [1.29, 1.82) is 0 Å². The predicted octanol–water partition coefficient (Wildman–Crippen LogP) is 3.70. The molecule has 4 bridgehead atoms. The van der Waals surface area contributed by atoms with Crippen molar-refractivity contribution in [2.75, 3.05) is 13.2 Å². The summed E-state index contributed by atoms with van der Waals surface area (Å²) in [4.78, 5) is 61.4. The van der Waals surface area contributed by atoms with Crippen molar-refractivity contribution in [1.82, 2.24) is 19.9 Å². The zero-order chi connectivity index (χ0) is 35.8. The van der Waals surface area contributed by atoms with Crippen LogP contribution in [0.3, 0.4) is 0 Å². The first kappa shape index (κ1) is 34.7. The number of hydrogen-bond acceptors (Lipinski definition) is 9. The molecule has 3 fully saturated rings. The summed E-state index contributed by atoms with van der Waals surface area (Å²) in [5.74, 6) is -3.52. The molecule has 1 saturated heterocycles. The Morgan fingerprint density at radius 3 is 2.59 bits per heavy atom. The molecule has 3 heterocycles. The number of amides is 3. The van der Waals surface area contributed by atoms with Crippen LogP contribution in [-0.4, -0.2) is 78.1 Å². The van der Waals surface area contributed by atoms with Crippen molar-refractivity contribution < 1.29 is 37.1 Å². The first-order chi connectivity index (χ1) is 24.6. The Hall–Kier alpha value is -4.78. The van der Waals surface area contributed by atoms with E-state index in [1.54, 1.807) is 30.5 Å². The van der Waals surface area contributed by atoms with Gasteiger partial charge in [-0.25, -0.2) is 13.4 Å². The van der Waals surface area contributed by atoms with Gasteiger partial charge < -0.3 is 19.7 Å². The van der Waals surface area contributed by atoms with E-state index in [-0.39, 0.29) is 32.4 Å². The molecule has 12 nitrogen and oxygen atoms in total. The van der Waals surface area contributed by atoms with Crippen molar-refractivity contribution in [3.8, 4) is 5.88 Å². The summed E-state index contributed by atoms with van der Waals surface area (Å²) in [6.07, 6.45) is 6.71. The monoisotopic (exact) mass is 714 g/mol. The van der Waals surface area contributed by atoms with Crippen molar-refractivity contribution in [3.05, 3.63) is 84.6 Å². The number of hydrogen-bond donors (Lipinski definition) is 2. The average Bonchev–Trinajstić information content (AvgIpc) is 4.05. The lowest BCUT2D eigenvalue weighted by Crippen LogP contribution is -2.57. The lowest BCUT2D eigenvalue weighted by Gasteiger charge is -2.29. The van der Waals surface area contributed by atoms with Crippen molar-refractivity contribution >= 4 is 44.5 Å². The summed E-state index contributed by atoms with van der Waals surface area (Å²) in [5.41, 5.74) is 0.172. The molecule has 13 heteroatoms. The zero-order valence-corrected chi connectivity index (χ0v) is 29.1. The number of nitrogens with zero attached hydrogens (tertiary/aromatic N) is 2. The van der Waals surface area contributed by atoms with Gasteiger partial charge in [-0.2, -0.15) is 0 Å². The second-order valence-electron chi connectivity index (χ2n) is 14.0. The van der Waals surface area contributed by atoms with E-state index < -0.39 is 68.5 Å². The maximum absolute atomic E-state index is 14.6. The third kappa shape index (κ3) is 7.35. The first-order valence-corrected chi connectivity index (χ1v) is 19.2. The normalized spacial score (nSPS) is 27.1. The van der Waals surface area contributed by atoms with E-state index in [0.29, 0.717) is 30.7 Å². The number of ether oxygens (including phenoxy) is 2. The van der Waals surface area contributed by atoms with E-state index in [0.717, 1.165) is 35.6 Å². The molecule has 3 amide bonds. The number of pyridine rings is 1. The lowest BCUT2D eigenvalue weighted by atomic mass is 9.93. The highest BCUT2D eigenvalue weighted by Gasteiger charge is 2.62. The second-order valence-corrected chi connectivity index (χ2v) is 16.0. The Labute approximate surface area is 297 Å². The zero-order valence-electron chi connectivity index (χ0n) is 28.3. The summed E-state index contributed by atoms with van der Waals surface area (Å²) in [7, 11) is -3.88. The Morgan fingerprint density at radius 2 is 1.84 bits per heavy atom. The van der Waals surface area contributed by atoms with Crippen molar-refractivity contribution in [2.45, 2.75) is 86.6 Å². The molecular weight excluding hydrogens is 673 g/mol. The highest BCUT2D eigenvalue weighted by atomic mass is 32.2. The molecule has 268 valence electrons. The Balaban J connectivity index is 1.22. The standard InChI is InChI=1S/C38H42N4O8S/c1-2-27-22-38(27,37(46)41-51(47,48)29-14-15-29)40-34(44)32-20-28-23-42(32)36(45)31(25-10-6-3-7-11-25)21-33(43)49-18-8-4-5-9-24-12-13-26-16-17-39-35(50-28)30(26)19-24/h2-3,6-7,10-13,16-17,19,27-29,31-32H,1,4-5,8-9,14-15,18,20-23H2,(H,40,44)(H,41,46)/t27-,28+,31-,32-,38+/m0/s1. The maximum Gasteiger partial charge on any atom is 0.306 e. The van der Waals surface area contributed by atoms with Crippen molar-refractivity contribution in [3.63, 3.8) is 0 Å². The van der Waals surface area contributed by atoms with Gasteiger partial charge in [0, 0.05) is 23.9 Å². The number of aryl methyl sites for hydroxylation is 1. The molecular formula is C38H42N4O8S. The van der Waals surface area contributed by atoms with Gasteiger partial charge >= 0.3 is 5.97 Å². The highest BCUT2D eigenvalue weighted by Crippen LogP contribution is 2.45. The van der Waals surface area contributed by atoms with Crippen LogP contribution in [0, 0.1) is 5.92 Å². The van der Waals surface area contributed by atoms with Crippen LogP contribution in [0.4, 0.5) is 0 Å². The number of rotatable bonds is 7. The molecule has 0 radical (unpaired) electrons. The van der Waals surface area contributed by atoms with E-state index in [4.69, 9.17) is 9.47 Å². The van der Waals surface area contributed by atoms with E-state index in [2.05, 4.69) is 33.7 Å². The molecule has 7 rings (SSSR count). The fourth-order valence-electron chi connectivity index (χ4n) is 7.24. The number of esters is 1. The molecule has 2 N–H and O–H groups in total. The smallest absolute Gasteiger partial charge is 0.306 e. The van der Waals surface area contributed by atoms with Crippen LogP contribution >= 0.6 is 0 Å². The average molecular weight is 715 g/mol. The van der Waals surface area contributed by atoms with Crippen LogP contribution < -0.4 is 14.8 Å². The minimum Gasteiger partial charge on any atom is -0.472 e. The second kappa shape index (κ2) is 14.1. The van der Waals surface area contributed by atoms with Crippen LogP contribution in [0.25, 0.3) is 10.8 Å². The minimum atomic E-state index is -3.88. The lowest BCUT2D eigenvalue weighted by molar-refractivity contribution is -0.148. The highest BCUT2D eigenvalue weighted by molar-refractivity contribution is 7.91. The minimum absolute atomic E-state index is 0.00714. The van der Waals surface area contributed by atoms with Gasteiger partial charge in [0.2, 0.25) is 27.7 Å². The number of cyclic esters (lactones) is 1. The number of aromatic nitrogens is 1. The summed E-state index contributed by atoms with van der Waals surface area (Å²) < 4.78 is 39.6.